The summed E-state index contributed by atoms with van der Waals surface area (Å²) < 4.78 is 0. The van der Waals surface area contributed by atoms with E-state index in [-0.39, 0.29) is 5.91 Å². The number of hydrogen-bond donors (Lipinski definition) is 2. The first-order valence-electron chi connectivity index (χ1n) is 6.39. The molecule has 3 aromatic heterocycles. The fourth-order valence-electron chi connectivity index (χ4n) is 1.98. The lowest BCUT2D eigenvalue weighted by Gasteiger charge is -2.01. The number of carbonyl (C=O) groups excluding carboxylic acids is 1. The largest absolute Gasteiger partial charge is 0.397 e. The molecule has 0 fully saturated rings. The standard InChI is InChI=1S/C14H14N4OS2/c1-7-3-4-9-11(15)12(21-14(9)18-7)13(19)17-6-10-16-5-8(2)20-10/h3-5H,6,15H2,1-2H3,(H,17,19). The molecule has 21 heavy (non-hydrogen) atoms. The number of anilines is 1. The number of nitrogen functional groups attached to an aromatic ring is 1. The zero-order valence-electron chi connectivity index (χ0n) is 11.6. The molecule has 0 radical (unpaired) electrons. The van der Waals surface area contributed by atoms with Gasteiger partial charge in [0, 0.05) is 22.2 Å². The van der Waals surface area contributed by atoms with Gasteiger partial charge in [-0.3, -0.25) is 4.79 Å². The van der Waals surface area contributed by atoms with Crippen LogP contribution < -0.4 is 11.1 Å². The first-order valence-corrected chi connectivity index (χ1v) is 8.03. The number of aryl methyl sites for hydroxylation is 2. The highest BCUT2D eigenvalue weighted by atomic mass is 32.1. The van der Waals surface area contributed by atoms with Gasteiger partial charge in [-0.05, 0) is 26.0 Å². The van der Waals surface area contributed by atoms with Gasteiger partial charge in [-0.2, -0.15) is 0 Å². The van der Waals surface area contributed by atoms with Crippen LogP contribution in [0.3, 0.4) is 0 Å². The predicted molar refractivity (Wildman–Crippen MR) is 86.8 cm³/mol. The first-order chi connectivity index (χ1) is 10.0. The van der Waals surface area contributed by atoms with Gasteiger partial charge in [-0.1, -0.05) is 0 Å². The Labute approximate surface area is 129 Å². The zero-order valence-corrected chi connectivity index (χ0v) is 13.3. The number of nitrogens with one attached hydrogen (secondary N) is 1. The minimum Gasteiger partial charge on any atom is -0.397 e. The molecule has 0 saturated heterocycles. The number of nitrogens with zero attached hydrogens (tertiary/aromatic N) is 2. The molecule has 0 unspecified atom stereocenters. The number of amides is 1. The fraction of sp³-hybridized carbons (Fsp3) is 0.214. The maximum absolute atomic E-state index is 12.3. The van der Waals surface area contributed by atoms with Crippen LogP contribution in [-0.2, 0) is 6.54 Å². The fourth-order valence-corrected chi connectivity index (χ4v) is 3.76. The van der Waals surface area contributed by atoms with Crippen molar-refractivity contribution >= 4 is 44.5 Å². The highest BCUT2D eigenvalue weighted by molar-refractivity contribution is 7.21. The van der Waals surface area contributed by atoms with E-state index in [0.717, 1.165) is 25.8 Å². The van der Waals surface area contributed by atoms with Crippen LogP contribution in [0.2, 0.25) is 0 Å². The maximum Gasteiger partial charge on any atom is 0.263 e. The molecule has 0 spiro atoms. The van der Waals surface area contributed by atoms with Crippen LogP contribution in [-0.4, -0.2) is 15.9 Å². The lowest BCUT2D eigenvalue weighted by atomic mass is 10.2. The van der Waals surface area contributed by atoms with E-state index in [1.54, 1.807) is 17.5 Å². The molecule has 5 nitrogen and oxygen atoms in total. The number of carbonyl (C=O) groups is 1. The second kappa shape index (κ2) is 5.42. The Kier molecular flexibility index (Phi) is 3.60. The zero-order chi connectivity index (χ0) is 15.0. The second-order valence-electron chi connectivity index (χ2n) is 4.70. The SMILES string of the molecule is Cc1ccc2c(N)c(C(=O)NCc3ncc(C)s3)sc2n1. The third-order valence-corrected chi connectivity index (χ3v) is 5.04. The molecule has 0 bridgehead atoms. The van der Waals surface area contributed by atoms with E-state index in [0.29, 0.717) is 17.1 Å². The van der Waals surface area contributed by atoms with Crippen molar-refractivity contribution in [2.75, 3.05) is 5.73 Å². The lowest BCUT2D eigenvalue weighted by molar-refractivity contribution is 0.0956. The molecule has 3 aromatic rings. The van der Waals surface area contributed by atoms with Gasteiger partial charge >= 0.3 is 0 Å². The number of thiazole rings is 1. The number of aromatic nitrogens is 2. The molecule has 0 aliphatic rings. The van der Waals surface area contributed by atoms with Crippen molar-refractivity contribution in [3.63, 3.8) is 0 Å². The molecule has 1 amide bonds. The Hall–Kier alpha value is -1.99. The molecule has 108 valence electrons. The Bertz CT molecular complexity index is 822. The van der Waals surface area contributed by atoms with E-state index < -0.39 is 0 Å². The molecule has 0 aliphatic heterocycles. The van der Waals surface area contributed by atoms with E-state index in [2.05, 4.69) is 15.3 Å². The summed E-state index contributed by atoms with van der Waals surface area (Å²) >= 11 is 2.89. The molecule has 3 heterocycles. The highest BCUT2D eigenvalue weighted by Gasteiger charge is 2.17. The van der Waals surface area contributed by atoms with Crippen LogP contribution in [0, 0.1) is 13.8 Å². The normalized spacial score (nSPS) is 11.0. The lowest BCUT2D eigenvalue weighted by Crippen LogP contribution is -2.22. The van der Waals surface area contributed by atoms with Gasteiger partial charge in [-0.25, -0.2) is 9.97 Å². The molecular formula is C14H14N4OS2. The van der Waals surface area contributed by atoms with Gasteiger partial charge in [0.25, 0.3) is 5.91 Å². The van der Waals surface area contributed by atoms with E-state index in [4.69, 9.17) is 5.73 Å². The van der Waals surface area contributed by atoms with Crippen molar-refractivity contribution in [1.82, 2.24) is 15.3 Å². The molecule has 0 aromatic carbocycles. The summed E-state index contributed by atoms with van der Waals surface area (Å²) in [6.07, 6.45) is 1.80. The van der Waals surface area contributed by atoms with Crippen molar-refractivity contribution < 1.29 is 4.79 Å². The molecule has 0 saturated carbocycles. The van der Waals surface area contributed by atoms with E-state index in [1.807, 2.05) is 26.0 Å². The number of pyridine rings is 1. The first kappa shape index (κ1) is 14.0. The Morgan fingerprint density at radius 3 is 2.86 bits per heavy atom. The average molecular weight is 318 g/mol. The second-order valence-corrected chi connectivity index (χ2v) is 7.02. The third-order valence-electron chi connectivity index (χ3n) is 3.01. The summed E-state index contributed by atoms with van der Waals surface area (Å²) in [7, 11) is 0. The quantitative estimate of drug-likeness (QED) is 0.778. The summed E-state index contributed by atoms with van der Waals surface area (Å²) in [6, 6.07) is 3.80. The van der Waals surface area contributed by atoms with Gasteiger partial charge in [0.1, 0.15) is 14.7 Å². The van der Waals surface area contributed by atoms with Crippen molar-refractivity contribution in [2.45, 2.75) is 20.4 Å². The maximum atomic E-state index is 12.3. The van der Waals surface area contributed by atoms with Gasteiger partial charge in [0.2, 0.25) is 0 Å². The third kappa shape index (κ3) is 2.74. The Morgan fingerprint density at radius 1 is 1.33 bits per heavy atom. The summed E-state index contributed by atoms with van der Waals surface area (Å²) in [4.78, 5) is 23.3. The Morgan fingerprint density at radius 2 is 2.14 bits per heavy atom. The number of thiophene rings is 1. The monoisotopic (exact) mass is 318 g/mol. The van der Waals surface area contributed by atoms with Crippen LogP contribution in [0.15, 0.2) is 18.3 Å². The molecule has 3 N–H and O–H groups in total. The molecule has 3 rings (SSSR count). The number of hydrogen-bond acceptors (Lipinski definition) is 6. The van der Waals surface area contributed by atoms with Gasteiger partial charge in [0.15, 0.2) is 0 Å². The van der Waals surface area contributed by atoms with Gasteiger partial charge < -0.3 is 11.1 Å². The minimum atomic E-state index is -0.180. The topological polar surface area (TPSA) is 80.9 Å². The van der Waals surface area contributed by atoms with Crippen molar-refractivity contribution in [1.29, 1.82) is 0 Å². The van der Waals surface area contributed by atoms with E-state index in [9.17, 15) is 4.79 Å². The van der Waals surface area contributed by atoms with Crippen LogP contribution in [0.1, 0.15) is 25.3 Å². The van der Waals surface area contributed by atoms with Gasteiger partial charge in [-0.15, -0.1) is 22.7 Å². The summed E-state index contributed by atoms with van der Waals surface area (Å²) in [5.74, 6) is -0.180. The van der Waals surface area contributed by atoms with E-state index in [1.165, 1.54) is 11.3 Å². The van der Waals surface area contributed by atoms with E-state index >= 15 is 0 Å². The number of nitrogens with two attached hydrogens (primary N) is 1. The van der Waals surface area contributed by atoms with Gasteiger partial charge in [0.05, 0.1) is 12.2 Å². The van der Waals surface area contributed by atoms with Crippen molar-refractivity contribution in [2.24, 2.45) is 0 Å². The number of fused-ring (bicyclic) bond motifs is 1. The van der Waals surface area contributed by atoms with Crippen LogP contribution in [0.5, 0.6) is 0 Å². The van der Waals surface area contributed by atoms with Crippen LogP contribution >= 0.6 is 22.7 Å². The molecule has 0 atom stereocenters. The Balaban J connectivity index is 1.82. The average Bonchev–Trinajstić information content (AvgIpc) is 3.00. The summed E-state index contributed by atoms with van der Waals surface area (Å²) in [5.41, 5.74) is 7.47. The molecule has 7 heteroatoms. The van der Waals surface area contributed by atoms with Crippen molar-refractivity contribution in [3.05, 3.63) is 38.8 Å². The van der Waals surface area contributed by atoms with Crippen molar-refractivity contribution in [3.8, 4) is 0 Å². The van der Waals surface area contributed by atoms with Crippen LogP contribution in [0.4, 0.5) is 5.69 Å². The molecule has 0 aliphatic carbocycles. The predicted octanol–water partition coefficient (Wildman–Crippen LogP) is 2.88. The summed E-state index contributed by atoms with van der Waals surface area (Å²) in [6.45, 7) is 4.32. The number of rotatable bonds is 3. The smallest absolute Gasteiger partial charge is 0.263 e. The molecular weight excluding hydrogens is 304 g/mol. The highest BCUT2D eigenvalue weighted by Crippen LogP contribution is 2.32. The van der Waals surface area contributed by atoms with Crippen LogP contribution in [0.25, 0.3) is 10.2 Å². The minimum absolute atomic E-state index is 0.180. The summed E-state index contributed by atoms with van der Waals surface area (Å²) in [5, 5.41) is 4.57.